The topological polar surface area (TPSA) is 74.3 Å². The monoisotopic (exact) mass is 311 g/mol. The van der Waals surface area contributed by atoms with Gasteiger partial charge in [-0.2, -0.15) is 0 Å². The van der Waals surface area contributed by atoms with Crippen molar-refractivity contribution in [3.8, 4) is 0 Å². The van der Waals surface area contributed by atoms with E-state index in [-0.39, 0.29) is 0 Å². The summed E-state index contributed by atoms with van der Waals surface area (Å²) in [5, 5.41) is 9.87. The number of anilines is 1. The smallest absolute Gasteiger partial charge is 0.356 e. The molecule has 2 amide bonds. The molecule has 0 atom stereocenters. The van der Waals surface area contributed by atoms with Crippen LogP contribution in [0.4, 0.5) is 16.2 Å². The van der Waals surface area contributed by atoms with Crippen LogP contribution in [0.5, 0.6) is 0 Å². The van der Waals surface area contributed by atoms with Crippen molar-refractivity contribution in [1.29, 1.82) is 0 Å². The summed E-state index contributed by atoms with van der Waals surface area (Å²) in [6, 6.07) is 9.50. The average molecular weight is 311 g/mol. The maximum absolute atomic E-state index is 10.9. The second-order valence-electron chi connectivity index (χ2n) is 5.91. The van der Waals surface area contributed by atoms with Gasteiger partial charge in [-0.1, -0.05) is 29.4 Å². The predicted octanol–water partition coefficient (Wildman–Crippen LogP) is 3.06. The maximum Gasteiger partial charge on any atom is 0.356 e. The van der Waals surface area contributed by atoms with Crippen LogP contribution in [0.2, 0.25) is 0 Å². The van der Waals surface area contributed by atoms with Gasteiger partial charge in [0.25, 0.3) is 0 Å². The number of hydrogen-bond donors (Lipinski definition) is 1. The number of carbonyl (C=O) groups excluding carboxylic acids is 1. The Bertz CT molecular complexity index is 763. The van der Waals surface area contributed by atoms with Gasteiger partial charge in [0.15, 0.2) is 0 Å². The van der Waals surface area contributed by atoms with Gasteiger partial charge in [-0.3, -0.25) is 0 Å². The molecule has 23 heavy (non-hydrogen) atoms. The van der Waals surface area contributed by atoms with Gasteiger partial charge < -0.3 is 15.5 Å². The molecular formula is C17H21N5O. The van der Waals surface area contributed by atoms with Gasteiger partial charge in [0.2, 0.25) is 0 Å². The molecule has 0 spiro atoms. The number of benzene rings is 2. The largest absolute Gasteiger partial charge is 0.368 e. The van der Waals surface area contributed by atoms with Crippen LogP contribution in [-0.2, 0) is 0 Å². The lowest BCUT2D eigenvalue weighted by Gasteiger charge is -2.35. The number of nitrogens with two attached hydrogens (primary N) is 1. The summed E-state index contributed by atoms with van der Waals surface area (Å²) >= 11 is 0. The number of rotatable bonds is 2. The number of hydrogen-bond acceptors (Lipinski definition) is 4. The van der Waals surface area contributed by atoms with Crippen LogP contribution >= 0.6 is 0 Å². The Morgan fingerprint density at radius 2 is 1.78 bits per heavy atom. The Balaban J connectivity index is 2.11. The minimum absolute atomic E-state index is 0.691. The first-order valence-corrected chi connectivity index (χ1v) is 7.73. The lowest BCUT2D eigenvalue weighted by atomic mass is 10.0. The molecule has 0 aliphatic carbocycles. The highest BCUT2D eigenvalue weighted by Crippen LogP contribution is 2.36. The Kier molecular flexibility index (Phi) is 4.25. The van der Waals surface area contributed by atoms with E-state index in [4.69, 9.17) is 5.73 Å². The van der Waals surface area contributed by atoms with Gasteiger partial charge in [0.1, 0.15) is 0 Å². The van der Waals surface area contributed by atoms with Crippen LogP contribution in [-0.4, -0.2) is 44.2 Å². The molecule has 6 heteroatoms. The molecule has 0 unspecified atom stereocenters. The Hall–Kier alpha value is -2.47. The van der Waals surface area contributed by atoms with Crippen LogP contribution < -0.4 is 10.6 Å². The minimum Gasteiger partial charge on any atom is -0.368 e. The van der Waals surface area contributed by atoms with Gasteiger partial charge >= 0.3 is 6.03 Å². The molecule has 1 aliphatic heterocycles. The second-order valence-corrected chi connectivity index (χ2v) is 5.91. The highest BCUT2D eigenvalue weighted by Gasteiger charge is 2.18. The summed E-state index contributed by atoms with van der Waals surface area (Å²) in [5.74, 6) is 0. The van der Waals surface area contributed by atoms with Gasteiger partial charge in [-0.15, -0.1) is 5.11 Å². The average Bonchev–Trinajstić information content (AvgIpc) is 2.55. The summed E-state index contributed by atoms with van der Waals surface area (Å²) in [7, 11) is 2.14. The molecule has 0 bridgehead atoms. The molecule has 2 aromatic carbocycles. The lowest BCUT2D eigenvalue weighted by molar-refractivity contribution is 0.255. The van der Waals surface area contributed by atoms with Crippen molar-refractivity contribution in [2.75, 3.05) is 38.1 Å². The first kappa shape index (κ1) is 15.4. The maximum atomic E-state index is 10.9. The summed E-state index contributed by atoms with van der Waals surface area (Å²) in [4.78, 5) is 15.6. The molecule has 2 N–H and O–H groups in total. The second kappa shape index (κ2) is 6.34. The third-order valence-corrected chi connectivity index (χ3v) is 4.36. The summed E-state index contributed by atoms with van der Waals surface area (Å²) in [6.45, 7) is 5.98. The molecule has 1 aliphatic rings. The van der Waals surface area contributed by atoms with E-state index in [2.05, 4.69) is 39.2 Å². The zero-order chi connectivity index (χ0) is 16.4. The van der Waals surface area contributed by atoms with E-state index < -0.39 is 6.03 Å². The van der Waals surface area contributed by atoms with Crippen molar-refractivity contribution in [2.45, 2.75) is 6.92 Å². The lowest BCUT2D eigenvalue weighted by Crippen LogP contribution is -2.44. The molecule has 3 rings (SSSR count). The predicted molar refractivity (Wildman–Crippen MR) is 92.5 cm³/mol. The van der Waals surface area contributed by atoms with Crippen molar-refractivity contribution in [3.63, 3.8) is 0 Å². The van der Waals surface area contributed by atoms with E-state index in [0.29, 0.717) is 5.69 Å². The highest BCUT2D eigenvalue weighted by molar-refractivity contribution is 5.99. The van der Waals surface area contributed by atoms with Crippen molar-refractivity contribution in [2.24, 2.45) is 16.0 Å². The van der Waals surface area contributed by atoms with E-state index in [9.17, 15) is 4.79 Å². The van der Waals surface area contributed by atoms with Gasteiger partial charge in [0.05, 0.1) is 5.69 Å². The molecule has 1 fully saturated rings. The molecule has 6 nitrogen and oxygen atoms in total. The van der Waals surface area contributed by atoms with E-state index in [1.807, 2.05) is 25.1 Å². The number of carbonyl (C=O) groups is 1. The number of urea groups is 1. The fourth-order valence-corrected chi connectivity index (χ4v) is 3.00. The summed E-state index contributed by atoms with van der Waals surface area (Å²) < 4.78 is 0. The normalized spacial score (nSPS) is 16.3. The minimum atomic E-state index is -0.779. The van der Waals surface area contributed by atoms with Gasteiger partial charge in [-0.05, 0) is 31.0 Å². The van der Waals surface area contributed by atoms with Crippen molar-refractivity contribution >= 4 is 28.2 Å². The van der Waals surface area contributed by atoms with Crippen LogP contribution in [0.1, 0.15) is 5.56 Å². The SMILES string of the molecule is Cc1c(N=NC(N)=O)cc(N2CCN(C)CC2)c2ccccc12. The Labute approximate surface area is 135 Å². The van der Waals surface area contributed by atoms with Gasteiger partial charge in [0, 0.05) is 37.3 Å². The first-order chi connectivity index (χ1) is 11.1. The molecule has 0 aromatic heterocycles. The third-order valence-electron chi connectivity index (χ3n) is 4.36. The number of azo groups is 1. The Morgan fingerprint density at radius 3 is 2.43 bits per heavy atom. The standard InChI is InChI=1S/C17H21N5O/c1-12-13-5-3-4-6-14(13)16(11-15(12)19-20-17(18)23)22-9-7-21(2)8-10-22/h3-6,11H,7-10H2,1-2H3,(H2,18,23). The van der Waals surface area contributed by atoms with Crippen LogP contribution in [0.15, 0.2) is 40.6 Å². The fraction of sp³-hybridized carbons (Fsp3) is 0.353. The number of amides is 2. The molecular weight excluding hydrogens is 290 g/mol. The number of primary amides is 1. The van der Waals surface area contributed by atoms with E-state index in [1.54, 1.807) is 0 Å². The quantitative estimate of drug-likeness (QED) is 0.866. The fourth-order valence-electron chi connectivity index (χ4n) is 3.00. The number of fused-ring (bicyclic) bond motifs is 1. The van der Waals surface area contributed by atoms with Crippen LogP contribution in [0.25, 0.3) is 10.8 Å². The van der Waals surface area contributed by atoms with E-state index in [0.717, 1.165) is 42.8 Å². The number of aryl methyl sites for hydroxylation is 1. The van der Waals surface area contributed by atoms with Crippen LogP contribution in [0, 0.1) is 6.92 Å². The summed E-state index contributed by atoms with van der Waals surface area (Å²) in [5.41, 5.74) is 7.91. The molecule has 0 saturated carbocycles. The zero-order valence-electron chi connectivity index (χ0n) is 13.5. The molecule has 1 saturated heterocycles. The molecule has 2 aromatic rings. The number of piperazine rings is 1. The molecule has 0 radical (unpaired) electrons. The van der Waals surface area contributed by atoms with Gasteiger partial charge in [-0.25, -0.2) is 4.79 Å². The number of likely N-dealkylation sites (N-methyl/N-ethyl adjacent to an activating group) is 1. The van der Waals surface area contributed by atoms with E-state index >= 15 is 0 Å². The molecule has 1 heterocycles. The first-order valence-electron chi connectivity index (χ1n) is 7.73. The highest BCUT2D eigenvalue weighted by atomic mass is 16.2. The van der Waals surface area contributed by atoms with Crippen LogP contribution in [0.3, 0.4) is 0 Å². The van der Waals surface area contributed by atoms with Crippen molar-refractivity contribution in [1.82, 2.24) is 4.90 Å². The third kappa shape index (κ3) is 3.17. The molecule has 120 valence electrons. The zero-order valence-corrected chi connectivity index (χ0v) is 13.5. The van der Waals surface area contributed by atoms with Crippen molar-refractivity contribution < 1.29 is 4.79 Å². The van der Waals surface area contributed by atoms with E-state index in [1.165, 1.54) is 5.39 Å². The van der Waals surface area contributed by atoms with Crippen molar-refractivity contribution in [3.05, 3.63) is 35.9 Å². The Morgan fingerprint density at radius 1 is 1.13 bits per heavy atom. The summed E-state index contributed by atoms with van der Waals surface area (Å²) in [6.07, 6.45) is 0. The number of nitrogens with zero attached hydrogens (tertiary/aromatic N) is 4.